The Hall–Kier alpha value is -2.40. The van der Waals surface area contributed by atoms with Crippen molar-refractivity contribution in [2.24, 2.45) is 5.41 Å². The summed E-state index contributed by atoms with van der Waals surface area (Å²) in [5.74, 6) is -2.53. The van der Waals surface area contributed by atoms with Gasteiger partial charge in [-0.25, -0.2) is 8.42 Å². The zero-order chi connectivity index (χ0) is 22.5. The second-order valence-corrected chi connectivity index (χ2v) is 9.00. The Bertz CT molecular complexity index is 1060. The van der Waals surface area contributed by atoms with E-state index in [-0.39, 0.29) is 51.5 Å². The van der Waals surface area contributed by atoms with Crippen molar-refractivity contribution in [3.05, 3.63) is 54.1 Å². The van der Waals surface area contributed by atoms with Gasteiger partial charge in [-0.15, -0.1) is 0 Å². The summed E-state index contributed by atoms with van der Waals surface area (Å²) < 4.78 is 32.9. The average molecular weight is 456 g/mol. The van der Waals surface area contributed by atoms with E-state index in [1.807, 2.05) is 0 Å². The predicted molar refractivity (Wildman–Crippen MR) is 106 cm³/mol. The van der Waals surface area contributed by atoms with Crippen LogP contribution in [0.4, 0.5) is 5.69 Å². The summed E-state index contributed by atoms with van der Waals surface area (Å²) >= 11 is 0. The number of carbonyl (C=O) groups excluding carboxylic acids is 3. The summed E-state index contributed by atoms with van der Waals surface area (Å²) in [4.78, 5) is 34.4. The fourth-order valence-electron chi connectivity index (χ4n) is 2.17. The van der Waals surface area contributed by atoms with Crippen molar-refractivity contribution in [2.75, 3.05) is 11.3 Å². The molecule has 160 valence electrons. The molecule has 2 rings (SSSR count). The second-order valence-electron chi connectivity index (χ2n) is 7.32. The molecule has 0 aromatic heterocycles. The number of hydrogen-bond donors (Lipinski definition) is 2. The van der Waals surface area contributed by atoms with Crippen LogP contribution in [-0.4, -0.2) is 32.8 Å². The number of carbonyl (C=O) groups is 3. The minimum Gasteiger partial charge on any atom is -0.548 e. The van der Waals surface area contributed by atoms with Crippen LogP contribution < -0.4 is 49.4 Å². The average Bonchev–Trinajstić information content (AvgIpc) is 2.66. The van der Waals surface area contributed by atoms with Gasteiger partial charge >= 0.3 is 35.5 Å². The maximum atomic E-state index is 12.7. The Balaban J connectivity index is 0.00000480. The second kappa shape index (κ2) is 10.8. The molecule has 0 saturated heterocycles. The van der Waals surface area contributed by atoms with E-state index in [2.05, 4.69) is 10.0 Å². The molecule has 0 fully saturated rings. The quantitative estimate of drug-likeness (QED) is 0.277. The van der Waals surface area contributed by atoms with Gasteiger partial charge in [-0.1, -0.05) is 12.1 Å². The zero-order valence-electron chi connectivity index (χ0n) is 17.6. The number of carboxylic acids is 1. The van der Waals surface area contributed by atoms with Gasteiger partial charge in [-0.05, 0) is 57.2 Å². The topological polar surface area (TPSA) is 142 Å². The molecule has 0 bridgehead atoms. The monoisotopic (exact) mass is 456 g/mol. The first-order valence-corrected chi connectivity index (χ1v) is 10.3. The van der Waals surface area contributed by atoms with Crippen LogP contribution in [0.5, 0.6) is 5.75 Å². The zero-order valence-corrected chi connectivity index (χ0v) is 20.4. The van der Waals surface area contributed by atoms with Gasteiger partial charge in [-0.3, -0.25) is 14.3 Å². The number of hydrogen-bond acceptors (Lipinski definition) is 7. The molecule has 9 nitrogen and oxygen atoms in total. The van der Waals surface area contributed by atoms with Gasteiger partial charge in [0.25, 0.3) is 15.9 Å². The van der Waals surface area contributed by atoms with E-state index < -0.39 is 39.8 Å². The number of amides is 1. The first kappa shape index (κ1) is 26.6. The van der Waals surface area contributed by atoms with E-state index >= 15 is 0 Å². The number of sulfonamides is 1. The fourth-order valence-corrected chi connectivity index (χ4v) is 3.25. The number of aliphatic carboxylic acids is 1. The molecule has 11 heteroatoms. The molecule has 0 saturated carbocycles. The van der Waals surface area contributed by atoms with E-state index in [0.29, 0.717) is 0 Å². The first-order chi connectivity index (χ1) is 13.9. The number of ether oxygens (including phenoxy) is 1. The molecule has 0 heterocycles. The molecular formula is C20H21N2NaO7S. The molecule has 0 atom stereocenters. The predicted octanol–water partition coefficient (Wildman–Crippen LogP) is -2.08. The summed E-state index contributed by atoms with van der Waals surface area (Å²) in [5, 5.41) is 12.6. The van der Waals surface area contributed by atoms with E-state index in [1.54, 1.807) is 20.8 Å². The largest absolute Gasteiger partial charge is 1.00 e. The van der Waals surface area contributed by atoms with Crippen LogP contribution in [0.2, 0.25) is 0 Å². The van der Waals surface area contributed by atoms with Crippen LogP contribution in [-0.2, 0) is 19.6 Å². The molecule has 0 aliphatic heterocycles. The number of nitrogens with one attached hydrogen (secondary N) is 2. The SMILES string of the molecule is CC(C)(C)C(=O)Oc1ccc(S(=O)(=O)Nc2ccccc2C(=O)NCC(=O)[O-])cc1.[Na+]. The number of anilines is 1. The summed E-state index contributed by atoms with van der Waals surface area (Å²) in [6, 6.07) is 10.9. The van der Waals surface area contributed by atoms with Crippen molar-refractivity contribution in [3.8, 4) is 5.75 Å². The Morgan fingerprint density at radius 3 is 2.13 bits per heavy atom. The van der Waals surface area contributed by atoms with Gasteiger partial charge in [0.05, 0.1) is 34.1 Å². The Labute approximate surface area is 202 Å². The van der Waals surface area contributed by atoms with Crippen molar-refractivity contribution in [1.82, 2.24) is 5.32 Å². The minimum atomic E-state index is -4.07. The Morgan fingerprint density at radius 2 is 1.58 bits per heavy atom. The van der Waals surface area contributed by atoms with Gasteiger partial charge < -0.3 is 20.0 Å². The van der Waals surface area contributed by atoms with Gasteiger partial charge in [0, 0.05) is 0 Å². The summed E-state index contributed by atoms with van der Waals surface area (Å²) in [5.41, 5.74) is -0.803. The van der Waals surface area contributed by atoms with Crippen LogP contribution >= 0.6 is 0 Å². The number of esters is 1. The van der Waals surface area contributed by atoms with E-state index in [0.717, 1.165) is 0 Å². The van der Waals surface area contributed by atoms with Crippen LogP contribution in [0.3, 0.4) is 0 Å². The molecule has 0 aliphatic rings. The van der Waals surface area contributed by atoms with Gasteiger partial charge in [0.1, 0.15) is 5.75 Å². The van der Waals surface area contributed by atoms with Crippen molar-refractivity contribution in [1.29, 1.82) is 0 Å². The molecule has 2 aromatic rings. The molecule has 0 radical (unpaired) electrons. The van der Waals surface area contributed by atoms with Gasteiger partial charge in [-0.2, -0.15) is 0 Å². The third-order valence-corrected chi connectivity index (χ3v) is 5.15. The third kappa shape index (κ3) is 7.66. The van der Waals surface area contributed by atoms with E-state index in [1.165, 1.54) is 48.5 Å². The summed E-state index contributed by atoms with van der Waals surface area (Å²) in [7, 11) is -4.07. The van der Waals surface area contributed by atoms with Crippen LogP contribution in [0.25, 0.3) is 0 Å². The van der Waals surface area contributed by atoms with Crippen molar-refractivity contribution in [3.63, 3.8) is 0 Å². The van der Waals surface area contributed by atoms with Crippen LogP contribution in [0.1, 0.15) is 31.1 Å². The van der Waals surface area contributed by atoms with Crippen molar-refractivity contribution < 1.29 is 62.2 Å². The van der Waals surface area contributed by atoms with Gasteiger partial charge in [0.15, 0.2) is 0 Å². The molecule has 2 aromatic carbocycles. The standard InChI is InChI=1S/C20H22N2O7S.Na/c1-20(2,3)19(26)29-13-8-10-14(11-9-13)30(27,28)22-16-7-5-4-6-15(16)18(25)21-12-17(23)24;/h4-11,22H,12H2,1-3H3,(H,21,25)(H,23,24);/q;+1/p-1. The third-order valence-electron chi connectivity index (χ3n) is 3.77. The first-order valence-electron chi connectivity index (χ1n) is 8.82. The fraction of sp³-hybridized carbons (Fsp3) is 0.250. The molecule has 1 amide bonds. The maximum Gasteiger partial charge on any atom is 1.00 e. The Morgan fingerprint density at radius 1 is 1.00 bits per heavy atom. The Kier molecular flexibility index (Phi) is 9.25. The molecular weight excluding hydrogens is 435 g/mol. The molecule has 31 heavy (non-hydrogen) atoms. The van der Waals surface area contributed by atoms with Crippen molar-refractivity contribution >= 4 is 33.6 Å². The maximum absolute atomic E-state index is 12.7. The molecule has 0 spiro atoms. The van der Waals surface area contributed by atoms with Crippen LogP contribution in [0.15, 0.2) is 53.4 Å². The molecule has 0 unspecified atom stereocenters. The van der Waals surface area contributed by atoms with Crippen molar-refractivity contribution in [2.45, 2.75) is 25.7 Å². The van der Waals surface area contributed by atoms with E-state index in [9.17, 15) is 27.9 Å². The number of benzene rings is 2. The van der Waals surface area contributed by atoms with Gasteiger partial charge in [0.2, 0.25) is 0 Å². The normalized spacial score (nSPS) is 11.1. The number of para-hydroxylation sites is 1. The summed E-state index contributed by atoms with van der Waals surface area (Å²) in [6.45, 7) is 4.37. The summed E-state index contributed by atoms with van der Waals surface area (Å²) in [6.07, 6.45) is 0. The smallest absolute Gasteiger partial charge is 0.548 e. The minimum absolute atomic E-state index is 0. The van der Waals surface area contributed by atoms with Crippen LogP contribution in [0, 0.1) is 5.41 Å². The van der Waals surface area contributed by atoms with E-state index in [4.69, 9.17) is 4.74 Å². The molecule has 0 aliphatic carbocycles. The number of rotatable bonds is 7. The molecule has 2 N–H and O–H groups in total. The number of carboxylic acid groups (broad SMARTS) is 1.